The standard InChI is InChI=1S/C27H29N3O7/c1-3-36-26(32)24-23(18-9-10-21(31)20(15-18)30(34)35)22(27(33)37-19-11-13-28-14-12-19)16(2)29-25(24)17-7-5-4-6-8-17/h4-10,15,19,23,28-29,31H,3,11-14H2,1-2H3. The van der Waals surface area contributed by atoms with E-state index in [-0.39, 0.29) is 29.4 Å². The van der Waals surface area contributed by atoms with Crippen molar-refractivity contribution >= 4 is 23.3 Å². The highest BCUT2D eigenvalue weighted by atomic mass is 16.6. The van der Waals surface area contributed by atoms with E-state index in [9.17, 15) is 24.8 Å². The van der Waals surface area contributed by atoms with Gasteiger partial charge in [-0.3, -0.25) is 10.1 Å². The molecule has 1 fully saturated rings. The number of phenols is 1. The quantitative estimate of drug-likeness (QED) is 0.292. The van der Waals surface area contributed by atoms with Crippen LogP contribution in [0.15, 0.2) is 65.4 Å². The first-order valence-corrected chi connectivity index (χ1v) is 12.1. The molecule has 2 aliphatic heterocycles. The number of carbonyl (C=O) groups excluding carboxylic acids is 2. The lowest BCUT2D eigenvalue weighted by Gasteiger charge is -2.33. The van der Waals surface area contributed by atoms with Gasteiger partial charge in [0, 0.05) is 11.8 Å². The van der Waals surface area contributed by atoms with Gasteiger partial charge in [-0.15, -0.1) is 0 Å². The van der Waals surface area contributed by atoms with Gasteiger partial charge in [0.15, 0.2) is 5.75 Å². The summed E-state index contributed by atoms with van der Waals surface area (Å²) in [6, 6.07) is 12.9. The van der Waals surface area contributed by atoms with Crippen LogP contribution in [0.3, 0.4) is 0 Å². The van der Waals surface area contributed by atoms with Crippen molar-refractivity contribution in [1.29, 1.82) is 0 Å². The smallest absolute Gasteiger partial charge is 0.337 e. The number of nitrogens with one attached hydrogen (secondary N) is 2. The fourth-order valence-corrected chi connectivity index (χ4v) is 4.69. The number of rotatable bonds is 7. The first-order chi connectivity index (χ1) is 17.8. The number of hydrogen-bond acceptors (Lipinski definition) is 9. The van der Waals surface area contributed by atoms with Gasteiger partial charge < -0.3 is 25.2 Å². The number of nitro benzene ring substituents is 1. The summed E-state index contributed by atoms with van der Waals surface area (Å²) in [7, 11) is 0. The Kier molecular flexibility index (Phi) is 7.88. The van der Waals surface area contributed by atoms with E-state index in [1.807, 2.05) is 30.3 Å². The van der Waals surface area contributed by atoms with Gasteiger partial charge in [0.2, 0.25) is 0 Å². The highest BCUT2D eigenvalue weighted by molar-refractivity contribution is 6.05. The summed E-state index contributed by atoms with van der Waals surface area (Å²) in [5, 5.41) is 28.1. The maximum atomic E-state index is 13.6. The van der Waals surface area contributed by atoms with E-state index in [4.69, 9.17) is 9.47 Å². The molecule has 0 aliphatic carbocycles. The molecule has 3 N–H and O–H groups in total. The summed E-state index contributed by atoms with van der Waals surface area (Å²) in [6.07, 6.45) is 1.00. The van der Waals surface area contributed by atoms with Crippen LogP contribution in [-0.2, 0) is 19.1 Å². The molecule has 1 atom stereocenters. The monoisotopic (exact) mass is 507 g/mol. The summed E-state index contributed by atoms with van der Waals surface area (Å²) in [6.45, 7) is 4.89. The van der Waals surface area contributed by atoms with Crippen molar-refractivity contribution in [2.45, 2.75) is 38.7 Å². The number of allylic oxidation sites excluding steroid dienone is 1. The van der Waals surface area contributed by atoms with E-state index in [2.05, 4.69) is 10.6 Å². The Hall–Kier alpha value is -4.18. The predicted octanol–water partition coefficient (Wildman–Crippen LogP) is 3.53. The lowest BCUT2D eigenvalue weighted by atomic mass is 9.79. The number of benzene rings is 2. The number of carbonyl (C=O) groups is 2. The Morgan fingerprint density at radius 3 is 2.43 bits per heavy atom. The minimum Gasteiger partial charge on any atom is -0.502 e. The Morgan fingerprint density at radius 2 is 1.78 bits per heavy atom. The zero-order chi connectivity index (χ0) is 26.5. The van der Waals surface area contributed by atoms with Crippen molar-refractivity contribution in [2.75, 3.05) is 19.7 Å². The summed E-state index contributed by atoms with van der Waals surface area (Å²) in [5.41, 5.74) is 1.57. The minimum absolute atomic E-state index is 0.0877. The third-order valence-corrected chi connectivity index (χ3v) is 6.43. The number of nitro groups is 1. The third kappa shape index (κ3) is 5.49. The zero-order valence-corrected chi connectivity index (χ0v) is 20.7. The van der Waals surface area contributed by atoms with Gasteiger partial charge in [0.1, 0.15) is 6.10 Å². The van der Waals surface area contributed by atoms with E-state index >= 15 is 0 Å². The van der Waals surface area contributed by atoms with Crippen LogP contribution in [0.25, 0.3) is 5.70 Å². The van der Waals surface area contributed by atoms with Crippen molar-refractivity contribution in [2.24, 2.45) is 0 Å². The maximum absolute atomic E-state index is 13.6. The van der Waals surface area contributed by atoms with Gasteiger partial charge in [-0.25, -0.2) is 9.59 Å². The zero-order valence-electron chi connectivity index (χ0n) is 20.7. The highest BCUT2D eigenvalue weighted by Crippen LogP contribution is 2.44. The molecule has 2 aromatic rings. The molecule has 0 bridgehead atoms. The minimum atomic E-state index is -1.04. The van der Waals surface area contributed by atoms with Crippen LogP contribution in [0.1, 0.15) is 43.7 Å². The first kappa shape index (κ1) is 25.9. The molecular weight excluding hydrogens is 478 g/mol. The van der Waals surface area contributed by atoms with Gasteiger partial charge in [0.25, 0.3) is 0 Å². The average molecular weight is 508 g/mol. The molecule has 10 nitrogen and oxygen atoms in total. The second-order valence-corrected chi connectivity index (χ2v) is 8.83. The number of nitrogens with zero attached hydrogens (tertiary/aromatic N) is 1. The van der Waals surface area contributed by atoms with Crippen LogP contribution in [0.4, 0.5) is 5.69 Å². The van der Waals surface area contributed by atoms with Crippen molar-refractivity contribution < 1.29 is 29.1 Å². The molecule has 0 radical (unpaired) electrons. The van der Waals surface area contributed by atoms with Gasteiger partial charge in [0.05, 0.1) is 34.3 Å². The molecule has 37 heavy (non-hydrogen) atoms. The third-order valence-electron chi connectivity index (χ3n) is 6.43. The highest BCUT2D eigenvalue weighted by Gasteiger charge is 2.40. The molecule has 2 aliphatic rings. The largest absolute Gasteiger partial charge is 0.502 e. The van der Waals surface area contributed by atoms with E-state index in [0.29, 0.717) is 42.9 Å². The van der Waals surface area contributed by atoms with Crippen molar-refractivity contribution in [3.8, 4) is 5.75 Å². The van der Waals surface area contributed by atoms with E-state index < -0.39 is 34.2 Å². The second kappa shape index (κ2) is 11.3. The second-order valence-electron chi connectivity index (χ2n) is 8.83. The molecule has 2 aromatic carbocycles. The van der Waals surface area contributed by atoms with E-state index in [1.54, 1.807) is 13.8 Å². The van der Waals surface area contributed by atoms with Crippen LogP contribution in [-0.4, -0.2) is 47.8 Å². The molecule has 1 unspecified atom stereocenters. The normalized spacial score (nSPS) is 18.3. The molecule has 1 saturated heterocycles. The molecule has 0 aromatic heterocycles. The Balaban J connectivity index is 1.91. The molecule has 2 heterocycles. The Labute approximate surface area is 214 Å². The average Bonchev–Trinajstić information content (AvgIpc) is 2.89. The van der Waals surface area contributed by atoms with Crippen molar-refractivity contribution in [1.82, 2.24) is 10.6 Å². The SMILES string of the molecule is CCOC(=O)C1=C(c2ccccc2)NC(C)=C(C(=O)OC2CCNCC2)C1c1ccc(O)c([N+](=O)[O-])c1. The van der Waals surface area contributed by atoms with Crippen molar-refractivity contribution in [3.63, 3.8) is 0 Å². The number of aromatic hydroxyl groups is 1. The van der Waals surface area contributed by atoms with Crippen LogP contribution >= 0.6 is 0 Å². The number of hydrogen-bond donors (Lipinski definition) is 3. The molecular formula is C27H29N3O7. The van der Waals surface area contributed by atoms with Gasteiger partial charge >= 0.3 is 17.6 Å². The van der Waals surface area contributed by atoms with Crippen LogP contribution in [0, 0.1) is 10.1 Å². The topological polar surface area (TPSA) is 140 Å². The Bertz CT molecular complexity index is 1260. The first-order valence-electron chi connectivity index (χ1n) is 12.1. The van der Waals surface area contributed by atoms with Gasteiger partial charge in [-0.05, 0) is 57.0 Å². The molecule has 10 heteroatoms. The number of piperidine rings is 1. The number of ether oxygens (including phenoxy) is 2. The predicted molar refractivity (Wildman–Crippen MR) is 135 cm³/mol. The molecule has 0 amide bonds. The summed E-state index contributed by atoms with van der Waals surface area (Å²) < 4.78 is 11.2. The summed E-state index contributed by atoms with van der Waals surface area (Å²) in [4.78, 5) is 38.0. The summed E-state index contributed by atoms with van der Waals surface area (Å²) >= 11 is 0. The maximum Gasteiger partial charge on any atom is 0.337 e. The fourth-order valence-electron chi connectivity index (χ4n) is 4.69. The molecule has 194 valence electrons. The Morgan fingerprint density at radius 1 is 1.08 bits per heavy atom. The van der Waals surface area contributed by atoms with Crippen LogP contribution in [0.2, 0.25) is 0 Å². The van der Waals surface area contributed by atoms with Crippen molar-refractivity contribution in [3.05, 3.63) is 86.6 Å². The number of esters is 2. The lowest BCUT2D eigenvalue weighted by molar-refractivity contribution is -0.385. The molecule has 4 rings (SSSR count). The van der Waals surface area contributed by atoms with Crippen LogP contribution < -0.4 is 10.6 Å². The van der Waals surface area contributed by atoms with E-state index in [0.717, 1.165) is 0 Å². The fraction of sp³-hybridized carbons (Fsp3) is 0.333. The molecule has 0 spiro atoms. The van der Waals surface area contributed by atoms with Crippen LogP contribution in [0.5, 0.6) is 5.75 Å². The van der Waals surface area contributed by atoms with Gasteiger partial charge in [-0.1, -0.05) is 36.4 Å². The number of dihydropyridines is 1. The number of phenolic OH excluding ortho intramolecular Hbond substituents is 1. The van der Waals surface area contributed by atoms with E-state index in [1.165, 1.54) is 18.2 Å². The molecule has 0 saturated carbocycles. The summed E-state index contributed by atoms with van der Waals surface area (Å²) in [5.74, 6) is -2.85. The lowest BCUT2D eigenvalue weighted by Crippen LogP contribution is -2.37. The van der Waals surface area contributed by atoms with Gasteiger partial charge in [-0.2, -0.15) is 0 Å².